The Labute approximate surface area is 330 Å². The predicted octanol–water partition coefficient (Wildman–Crippen LogP) is 10.3. The van der Waals surface area contributed by atoms with E-state index in [1.807, 2.05) is 18.2 Å². The summed E-state index contributed by atoms with van der Waals surface area (Å²) in [6.45, 7) is 14.7. The zero-order valence-corrected chi connectivity index (χ0v) is 33.7. The maximum atomic E-state index is 12.5. The predicted molar refractivity (Wildman–Crippen MR) is 224 cm³/mol. The van der Waals surface area contributed by atoms with Crippen molar-refractivity contribution in [3.8, 4) is 11.4 Å². The van der Waals surface area contributed by atoms with E-state index in [-0.39, 0.29) is 17.8 Å². The van der Waals surface area contributed by atoms with Gasteiger partial charge in [-0.25, -0.2) is 4.98 Å². The topological polar surface area (TPSA) is 79.7 Å². The zero-order valence-electron chi connectivity index (χ0n) is 32.2. The molecule has 5 rings (SSSR count). The number of Topliss-reactive ketones (excluding diaryl/α,β-unsaturated/α-hetero) is 1. The van der Waals surface area contributed by atoms with E-state index in [1.165, 1.54) is 12.6 Å². The Bertz CT molecular complexity index is 1990. The third-order valence-corrected chi connectivity index (χ3v) is 10.2. The van der Waals surface area contributed by atoms with E-state index < -0.39 is 0 Å². The molecule has 0 aliphatic carbocycles. The number of rotatable bonds is 20. The number of imidazole rings is 1. The lowest BCUT2D eigenvalue weighted by Crippen LogP contribution is -2.28. The average Bonchev–Trinajstić information content (AvgIpc) is 3.51. The van der Waals surface area contributed by atoms with Crippen molar-refractivity contribution in [1.29, 1.82) is 0 Å². The second-order valence-electron chi connectivity index (χ2n) is 13.9. The molecule has 1 unspecified atom stereocenters. The van der Waals surface area contributed by atoms with Gasteiger partial charge in [-0.05, 0) is 104 Å². The highest BCUT2D eigenvalue weighted by Crippen LogP contribution is 2.32. The van der Waals surface area contributed by atoms with Crippen LogP contribution in [-0.2, 0) is 27.4 Å². The maximum Gasteiger partial charge on any atom is 0.302 e. The van der Waals surface area contributed by atoms with Crippen LogP contribution >= 0.6 is 23.2 Å². The van der Waals surface area contributed by atoms with E-state index in [0.717, 1.165) is 83.7 Å². The minimum Gasteiger partial charge on any atom is -0.464 e. The largest absolute Gasteiger partial charge is 0.464 e. The van der Waals surface area contributed by atoms with Gasteiger partial charge in [-0.2, -0.15) is 0 Å². The van der Waals surface area contributed by atoms with Gasteiger partial charge >= 0.3 is 5.97 Å². The Morgan fingerprint density at radius 2 is 1.37 bits per heavy atom. The third-order valence-electron chi connectivity index (χ3n) is 9.48. The molecule has 1 atom stereocenters. The number of nitrogens with zero attached hydrogens (tertiary/aromatic N) is 4. The third kappa shape index (κ3) is 10.9. The van der Waals surface area contributed by atoms with Gasteiger partial charge in [-0.15, -0.1) is 0 Å². The monoisotopic (exact) mass is 769 g/mol. The number of aromatic nitrogens is 2. The highest BCUT2D eigenvalue weighted by molar-refractivity contribution is 6.42. The van der Waals surface area contributed by atoms with Gasteiger partial charge in [0.05, 0.1) is 27.6 Å². The number of fused-ring (bicyclic) bond motifs is 1. The van der Waals surface area contributed by atoms with Crippen LogP contribution in [0.3, 0.4) is 0 Å². The zero-order chi connectivity index (χ0) is 38.6. The number of carbonyl (C=O) groups is 2. The number of esters is 1. The molecule has 4 aromatic carbocycles. The second kappa shape index (κ2) is 19.8. The highest BCUT2D eigenvalue weighted by atomic mass is 35.5. The summed E-state index contributed by atoms with van der Waals surface area (Å²) >= 11 is 12.7. The molecule has 1 N–H and O–H groups in total. The van der Waals surface area contributed by atoms with Crippen LogP contribution in [-0.4, -0.2) is 54.1 Å². The Kier molecular flexibility index (Phi) is 15.0. The van der Waals surface area contributed by atoms with Crippen molar-refractivity contribution in [3.05, 3.63) is 112 Å². The second-order valence-corrected chi connectivity index (χ2v) is 14.7. The fourth-order valence-corrected chi connectivity index (χ4v) is 7.22. The molecule has 0 saturated carbocycles. The van der Waals surface area contributed by atoms with Gasteiger partial charge in [0.2, 0.25) is 0 Å². The van der Waals surface area contributed by atoms with Crippen LogP contribution in [0.15, 0.2) is 84.9 Å². The molecule has 8 nitrogen and oxygen atoms in total. The Hall–Kier alpha value is -4.37. The summed E-state index contributed by atoms with van der Waals surface area (Å²) in [5, 5.41) is 4.69. The number of nitrogens with one attached hydrogen (secondary N) is 1. The van der Waals surface area contributed by atoms with Gasteiger partial charge in [0.15, 0.2) is 0 Å². The number of hydrogen-bond acceptors (Lipinski definition) is 7. The summed E-state index contributed by atoms with van der Waals surface area (Å²) in [7, 11) is 0. The summed E-state index contributed by atoms with van der Waals surface area (Å²) in [6.07, 6.45) is 3.52. The molecule has 5 aromatic rings. The number of hydrogen-bond donors (Lipinski definition) is 1. The van der Waals surface area contributed by atoms with Gasteiger partial charge in [0.25, 0.3) is 0 Å². The van der Waals surface area contributed by atoms with Crippen molar-refractivity contribution in [2.24, 2.45) is 0 Å². The van der Waals surface area contributed by atoms with E-state index in [1.54, 1.807) is 6.92 Å². The highest BCUT2D eigenvalue weighted by Gasteiger charge is 2.19. The van der Waals surface area contributed by atoms with Crippen LogP contribution in [0.5, 0.6) is 0 Å². The first-order valence-electron chi connectivity index (χ1n) is 19.1. The minimum atomic E-state index is -0.268. The number of anilines is 2. The van der Waals surface area contributed by atoms with Crippen LogP contribution in [0, 0.1) is 0 Å². The van der Waals surface area contributed by atoms with Crippen molar-refractivity contribution < 1.29 is 14.3 Å². The van der Waals surface area contributed by atoms with Crippen LogP contribution in [0.4, 0.5) is 11.4 Å². The Morgan fingerprint density at radius 1 is 0.759 bits per heavy atom. The lowest BCUT2D eigenvalue weighted by Gasteiger charge is -2.24. The number of benzene rings is 4. The minimum absolute atomic E-state index is 0.108. The summed E-state index contributed by atoms with van der Waals surface area (Å²) in [4.78, 5) is 33.7. The van der Waals surface area contributed by atoms with Crippen LogP contribution in [0.1, 0.15) is 83.0 Å². The normalized spacial score (nSPS) is 11.8. The summed E-state index contributed by atoms with van der Waals surface area (Å²) in [5.74, 6) is 0.700. The maximum absolute atomic E-state index is 12.5. The lowest BCUT2D eigenvalue weighted by molar-refractivity contribution is -0.140. The van der Waals surface area contributed by atoms with Crippen molar-refractivity contribution >= 4 is 57.4 Å². The first-order chi connectivity index (χ1) is 26.1. The molecule has 0 bridgehead atoms. The van der Waals surface area contributed by atoms with Gasteiger partial charge in [-0.3, -0.25) is 9.59 Å². The Morgan fingerprint density at radius 3 is 1.96 bits per heavy atom. The van der Waals surface area contributed by atoms with Crippen molar-refractivity contribution in [3.63, 3.8) is 0 Å². The molecule has 0 aliphatic rings. The molecule has 0 spiro atoms. The lowest BCUT2D eigenvalue weighted by atomic mass is 10.0. The molecule has 0 aliphatic heterocycles. The summed E-state index contributed by atoms with van der Waals surface area (Å²) < 4.78 is 7.42. The van der Waals surface area contributed by atoms with Gasteiger partial charge in [0, 0.05) is 69.0 Å². The molecule has 1 aromatic heterocycles. The summed E-state index contributed by atoms with van der Waals surface area (Å²) in [5.41, 5.74) is 8.30. The first-order valence-corrected chi connectivity index (χ1v) is 19.8. The Balaban J connectivity index is 1.43. The van der Waals surface area contributed by atoms with Crippen molar-refractivity contribution in [1.82, 2.24) is 14.9 Å². The van der Waals surface area contributed by atoms with Gasteiger partial charge in [-0.1, -0.05) is 68.2 Å². The van der Waals surface area contributed by atoms with E-state index in [0.29, 0.717) is 42.7 Å². The molecule has 286 valence electrons. The number of ether oxygens (including phenoxy) is 1. The molecule has 0 fully saturated rings. The number of ketones is 1. The molecule has 1 heterocycles. The first kappa shape index (κ1) is 40.8. The van der Waals surface area contributed by atoms with Crippen molar-refractivity contribution in [2.45, 2.75) is 79.4 Å². The van der Waals surface area contributed by atoms with E-state index >= 15 is 0 Å². The van der Waals surface area contributed by atoms with Gasteiger partial charge in [0.1, 0.15) is 18.2 Å². The van der Waals surface area contributed by atoms with Crippen LogP contribution in [0.25, 0.3) is 22.4 Å². The molecule has 0 saturated heterocycles. The SMILES string of the molecule is CCCN(CCC)c1ccc(-c2nc3cc(C(CC(C)=O)NCc4ccc(N(CCC)CCOC(C)=O)cc4)ccc3n2Cc2ccc(Cl)c(Cl)c2)cc1. The molecule has 0 amide bonds. The molecular formula is C44H53Cl2N5O3. The molecule has 0 radical (unpaired) electrons. The number of halogens is 2. The summed E-state index contributed by atoms with van der Waals surface area (Å²) in [6, 6.07) is 29.0. The standard InChI is InChI=1S/C44H53Cl2N5O3/c1-6-21-49(22-7-2)38-17-12-35(13-18-38)44-48-42-28-36(14-20-43(42)51(44)30-34-11-19-39(45)40(46)27-34)41(26-31(4)52)47-29-33-9-15-37(16-10-33)50(23-8-3)24-25-54-32(5)53/h9-20,27-28,41,47H,6-8,21-26,29-30H2,1-5H3. The quantitative estimate of drug-likeness (QED) is 0.0790. The smallest absolute Gasteiger partial charge is 0.302 e. The van der Waals surface area contributed by atoms with Crippen LogP contribution < -0.4 is 15.1 Å². The van der Waals surface area contributed by atoms with Crippen LogP contribution in [0.2, 0.25) is 10.0 Å². The molecular weight excluding hydrogens is 717 g/mol. The van der Waals surface area contributed by atoms with E-state index in [9.17, 15) is 9.59 Å². The molecule has 10 heteroatoms. The number of carbonyl (C=O) groups excluding carboxylic acids is 2. The fourth-order valence-electron chi connectivity index (χ4n) is 6.90. The van der Waals surface area contributed by atoms with E-state index in [2.05, 4.69) is 107 Å². The van der Waals surface area contributed by atoms with Crippen molar-refractivity contribution in [2.75, 3.05) is 42.6 Å². The van der Waals surface area contributed by atoms with Gasteiger partial charge < -0.3 is 24.4 Å². The average molecular weight is 771 g/mol. The fraction of sp³-hybridized carbons (Fsp3) is 0.386. The molecule has 54 heavy (non-hydrogen) atoms. The van der Waals surface area contributed by atoms with E-state index in [4.69, 9.17) is 32.9 Å².